The van der Waals surface area contributed by atoms with Crippen molar-refractivity contribution in [1.82, 2.24) is 4.98 Å². The van der Waals surface area contributed by atoms with Crippen molar-refractivity contribution in [1.29, 1.82) is 0 Å². The van der Waals surface area contributed by atoms with Crippen LogP contribution in [0, 0.1) is 0 Å². The lowest BCUT2D eigenvalue weighted by Crippen LogP contribution is -2.16. The Morgan fingerprint density at radius 2 is 1.75 bits per heavy atom. The molecule has 2 aromatic rings. The predicted octanol–water partition coefficient (Wildman–Crippen LogP) is 4.69. The number of halogens is 1. The Labute approximate surface area is 216 Å². The van der Waals surface area contributed by atoms with E-state index < -0.39 is 11.9 Å². The van der Waals surface area contributed by atoms with Crippen LogP contribution in [-0.4, -0.2) is 48.3 Å². The lowest BCUT2D eigenvalue weighted by molar-refractivity contribution is -0.148. The second-order valence-corrected chi connectivity index (χ2v) is 7.67. The van der Waals surface area contributed by atoms with Gasteiger partial charge in [0, 0.05) is 31.7 Å². The highest BCUT2D eigenvalue weighted by Gasteiger charge is 2.18. The smallest absolute Gasteiger partial charge is 0.308 e. The molecule has 1 amide bonds. The molecule has 1 aromatic heterocycles. The number of phenols is 1. The topological polar surface area (TPSA) is 147 Å². The Morgan fingerprint density at radius 1 is 1.11 bits per heavy atom. The lowest BCUT2D eigenvalue weighted by Gasteiger charge is -2.11. The van der Waals surface area contributed by atoms with E-state index in [1.807, 2.05) is 13.8 Å². The number of amides is 1. The van der Waals surface area contributed by atoms with E-state index in [9.17, 15) is 14.4 Å². The average molecular weight is 527 g/mol. The number of nitrogens with two attached hydrogens (primary N) is 1. The molecule has 1 atom stereocenters. The Morgan fingerprint density at radius 3 is 2.22 bits per heavy atom. The molecular weight excluding hydrogens is 492 g/mol. The Hall–Kier alpha value is -3.53. The predicted molar refractivity (Wildman–Crippen MR) is 136 cm³/mol. The van der Waals surface area contributed by atoms with Gasteiger partial charge in [0.1, 0.15) is 11.5 Å². The van der Waals surface area contributed by atoms with Gasteiger partial charge in [0.05, 0.1) is 25.3 Å². The molecule has 36 heavy (non-hydrogen) atoms. The highest BCUT2D eigenvalue weighted by Crippen LogP contribution is 2.29. The monoisotopic (exact) mass is 526 g/mol. The molecule has 0 saturated carbocycles. The van der Waals surface area contributed by atoms with Gasteiger partial charge < -0.3 is 29.8 Å². The maximum absolute atomic E-state index is 11.0. The maximum atomic E-state index is 11.0. The van der Waals surface area contributed by atoms with Crippen LogP contribution in [-0.2, 0) is 14.3 Å². The fraction of sp³-hybridized carbons (Fsp3) is 0.440. The number of nitrogens with zero attached hydrogens (tertiary/aromatic N) is 1. The zero-order valence-corrected chi connectivity index (χ0v) is 22.3. The van der Waals surface area contributed by atoms with E-state index in [2.05, 4.69) is 11.9 Å². The second-order valence-electron chi connectivity index (χ2n) is 7.26. The number of benzene rings is 1. The molecule has 0 aliphatic carbocycles. The summed E-state index contributed by atoms with van der Waals surface area (Å²) in [6.45, 7) is 7.10. The Kier molecular flexibility index (Phi) is 16.1. The van der Waals surface area contributed by atoms with Gasteiger partial charge in [0.2, 0.25) is 5.75 Å². The summed E-state index contributed by atoms with van der Waals surface area (Å²) >= 11 is 5.66. The van der Waals surface area contributed by atoms with E-state index in [4.69, 9.17) is 41.4 Å². The maximum Gasteiger partial charge on any atom is 0.308 e. The van der Waals surface area contributed by atoms with Gasteiger partial charge in [-0.25, -0.2) is 4.98 Å². The first kappa shape index (κ1) is 32.5. The van der Waals surface area contributed by atoms with E-state index >= 15 is 0 Å². The molecule has 0 fully saturated rings. The Balaban J connectivity index is 0.000000525. The zero-order valence-electron chi connectivity index (χ0n) is 21.5. The molecule has 1 unspecified atom stereocenters. The summed E-state index contributed by atoms with van der Waals surface area (Å²) in [4.78, 5) is 36.3. The summed E-state index contributed by atoms with van der Waals surface area (Å²) in [5, 5.41) is 9.43. The fourth-order valence-electron chi connectivity index (χ4n) is 2.52. The van der Waals surface area contributed by atoms with Crippen LogP contribution >= 0.6 is 11.6 Å². The van der Waals surface area contributed by atoms with Crippen LogP contribution in [0.25, 0.3) is 0 Å². The summed E-state index contributed by atoms with van der Waals surface area (Å²) in [6, 6.07) is 6.01. The number of rotatable bonds is 9. The molecule has 2 rings (SSSR count). The van der Waals surface area contributed by atoms with Crippen molar-refractivity contribution >= 4 is 29.4 Å². The van der Waals surface area contributed by atoms with E-state index in [0.29, 0.717) is 17.2 Å². The largest absolute Gasteiger partial charge is 0.508 e. The minimum atomic E-state index is -0.787. The number of pyridine rings is 1. The van der Waals surface area contributed by atoms with E-state index in [1.54, 1.807) is 6.07 Å². The van der Waals surface area contributed by atoms with E-state index in [-0.39, 0.29) is 35.0 Å². The van der Waals surface area contributed by atoms with E-state index in [0.717, 1.165) is 19.3 Å². The highest BCUT2D eigenvalue weighted by molar-refractivity contribution is 6.32. The van der Waals surface area contributed by atoms with Gasteiger partial charge in [-0.05, 0) is 25.5 Å². The van der Waals surface area contributed by atoms with Crippen LogP contribution in [0.1, 0.15) is 63.9 Å². The van der Waals surface area contributed by atoms with E-state index in [1.165, 1.54) is 45.5 Å². The van der Waals surface area contributed by atoms with Gasteiger partial charge in [-0.1, -0.05) is 38.3 Å². The van der Waals surface area contributed by atoms with Crippen LogP contribution in [0.3, 0.4) is 0 Å². The number of carbonyl (C=O) groups is 3. The van der Waals surface area contributed by atoms with Crippen molar-refractivity contribution < 1.29 is 38.4 Å². The van der Waals surface area contributed by atoms with Crippen molar-refractivity contribution in [3.8, 4) is 23.0 Å². The van der Waals surface area contributed by atoms with Gasteiger partial charge >= 0.3 is 11.9 Å². The summed E-state index contributed by atoms with van der Waals surface area (Å²) in [7, 11) is 2.88. The van der Waals surface area contributed by atoms with Gasteiger partial charge in [-0.2, -0.15) is 0 Å². The number of methoxy groups -OCH3 is 2. The normalized spacial score (nSPS) is 10.4. The molecule has 1 heterocycles. The molecule has 11 heteroatoms. The molecule has 0 aliphatic rings. The van der Waals surface area contributed by atoms with Crippen LogP contribution in [0.5, 0.6) is 23.0 Å². The minimum absolute atomic E-state index is 0.0556. The van der Waals surface area contributed by atoms with Crippen LogP contribution in [0.2, 0.25) is 5.02 Å². The van der Waals surface area contributed by atoms with Crippen molar-refractivity contribution in [3.63, 3.8) is 0 Å². The molecule has 1 aromatic carbocycles. The zero-order chi connectivity index (χ0) is 27.7. The number of hydrogen-bond donors (Lipinski definition) is 2. The molecule has 0 bridgehead atoms. The molecule has 0 spiro atoms. The first-order valence-electron chi connectivity index (χ1n) is 11.2. The van der Waals surface area contributed by atoms with Crippen LogP contribution in [0.15, 0.2) is 30.5 Å². The molecular formula is C25H35ClN2O8. The lowest BCUT2D eigenvalue weighted by atomic mass is 10.2. The van der Waals surface area contributed by atoms with Crippen LogP contribution < -0.4 is 19.9 Å². The van der Waals surface area contributed by atoms with Gasteiger partial charge in [0.15, 0.2) is 11.4 Å². The van der Waals surface area contributed by atoms with Crippen molar-refractivity contribution in [3.05, 3.63) is 41.2 Å². The van der Waals surface area contributed by atoms with Crippen molar-refractivity contribution in [2.45, 2.75) is 59.5 Å². The number of ether oxygens (including phenoxy) is 4. The standard InChI is InChI=1S/C9H10N2O4.C9H18O2.C7H7ClO2/c1-5(12)15-8-6(14-2)3-4-11-7(8)9(10)13;1-4-6-7-8(3)11-9(10)5-2;1-10-7-4-5(9)2-3-6(7)8/h3-4H,1-2H3,(H2,10,13);8H,4-7H2,1-3H3;2-4,9H,1H3. The number of aromatic hydroxyl groups is 1. The first-order chi connectivity index (χ1) is 17.0. The second kappa shape index (κ2) is 17.8. The third-order valence-corrected chi connectivity index (χ3v) is 4.60. The fourth-order valence-corrected chi connectivity index (χ4v) is 2.71. The molecule has 0 aliphatic heterocycles. The molecule has 200 valence electrons. The van der Waals surface area contributed by atoms with Gasteiger partial charge in [0.25, 0.3) is 5.91 Å². The average Bonchev–Trinajstić information content (AvgIpc) is 2.84. The summed E-state index contributed by atoms with van der Waals surface area (Å²) < 4.78 is 19.6. The number of hydrogen-bond acceptors (Lipinski definition) is 9. The number of phenolic OH excluding ortho intramolecular Hbond substituents is 1. The third-order valence-electron chi connectivity index (χ3n) is 4.29. The minimum Gasteiger partial charge on any atom is -0.508 e. The number of primary amides is 1. The highest BCUT2D eigenvalue weighted by atomic mass is 35.5. The van der Waals surface area contributed by atoms with Gasteiger partial charge in [-0.3, -0.25) is 14.4 Å². The van der Waals surface area contributed by atoms with Crippen molar-refractivity contribution in [2.24, 2.45) is 5.73 Å². The van der Waals surface area contributed by atoms with Crippen molar-refractivity contribution in [2.75, 3.05) is 14.2 Å². The molecule has 10 nitrogen and oxygen atoms in total. The third kappa shape index (κ3) is 12.8. The summed E-state index contributed by atoms with van der Waals surface area (Å²) in [6.07, 6.45) is 5.21. The number of unbranched alkanes of at least 4 members (excludes halogenated alkanes) is 1. The Bertz CT molecular complexity index is 985. The number of carbonyl (C=O) groups excluding carboxylic acids is 3. The molecule has 3 N–H and O–H groups in total. The summed E-state index contributed by atoms with van der Waals surface area (Å²) in [5.41, 5.74) is 4.93. The number of aromatic nitrogens is 1. The van der Waals surface area contributed by atoms with Gasteiger partial charge in [-0.15, -0.1) is 0 Å². The SMILES string of the molecule is CCCCC(C)OC(=O)CC.COc1cc(O)ccc1Cl.COc1ccnc(C(N)=O)c1OC(C)=O. The molecule has 0 saturated heterocycles. The quantitative estimate of drug-likeness (QED) is 0.444. The molecule has 0 radical (unpaired) electrons. The van der Waals surface area contributed by atoms with Crippen LogP contribution in [0.4, 0.5) is 0 Å². The first-order valence-corrected chi connectivity index (χ1v) is 11.6. The number of esters is 2. The summed E-state index contributed by atoms with van der Waals surface area (Å²) in [5.74, 6) is -0.639.